The second kappa shape index (κ2) is 14.4. The average molecular weight is 583 g/mol. The maximum atomic E-state index is 12.2. The molecule has 0 radical (unpaired) electrons. The molecule has 3 heterocycles. The Morgan fingerprint density at radius 2 is 2.05 bits per heavy atom. The fraction of sp³-hybridized carbons (Fsp3) is 0.484. The molecule has 1 aromatic carbocycles. The number of rotatable bonds is 8. The van der Waals surface area contributed by atoms with Crippen LogP contribution >= 0.6 is 11.3 Å². The van der Waals surface area contributed by atoms with E-state index in [2.05, 4.69) is 41.0 Å². The first-order chi connectivity index (χ1) is 19.7. The van der Waals surface area contributed by atoms with E-state index in [1.807, 2.05) is 25.3 Å². The van der Waals surface area contributed by atoms with Gasteiger partial charge >= 0.3 is 5.97 Å². The number of thiazole rings is 1. The van der Waals surface area contributed by atoms with E-state index in [0.717, 1.165) is 47.0 Å². The molecule has 1 aliphatic carbocycles. The van der Waals surface area contributed by atoms with Gasteiger partial charge in [0.25, 0.3) is 0 Å². The summed E-state index contributed by atoms with van der Waals surface area (Å²) in [4.78, 5) is 44.1. The van der Waals surface area contributed by atoms with Gasteiger partial charge in [0, 0.05) is 28.8 Å². The molecule has 2 fully saturated rings. The van der Waals surface area contributed by atoms with Crippen molar-refractivity contribution in [1.82, 2.24) is 20.6 Å². The average Bonchev–Trinajstić information content (AvgIpc) is 3.35. The van der Waals surface area contributed by atoms with Gasteiger partial charge in [0.2, 0.25) is 5.91 Å². The van der Waals surface area contributed by atoms with E-state index in [1.54, 1.807) is 49.6 Å². The third-order valence-corrected chi connectivity index (χ3v) is 7.94. The van der Waals surface area contributed by atoms with Crippen LogP contribution in [0.5, 0.6) is 5.75 Å². The van der Waals surface area contributed by atoms with Crippen molar-refractivity contribution in [2.75, 3.05) is 20.3 Å². The zero-order valence-corrected chi connectivity index (χ0v) is 25.7. The Morgan fingerprint density at radius 3 is 2.61 bits per heavy atom. The number of nitrogens with zero attached hydrogens (tertiary/aromatic N) is 1. The Labute approximate surface area is 245 Å². The van der Waals surface area contributed by atoms with Gasteiger partial charge < -0.3 is 25.1 Å². The molecule has 1 amide bonds. The number of pyridine rings is 1. The van der Waals surface area contributed by atoms with E-state index in [4.69, 9.17) is 9.47 Å². The Balaban J connectivity index is 0.000000215. The Morgan fingerprint density at radius 1 is 1.29 bits per heavy atom. The Kier molecular flexibility index (Phi) is 11.3. The molecule has 222 valence electrons. The summed E-state index contributed by atoms with van der Waals surface area (Å²) in [7, 11) is 1.61. The summed E-state index contributed by atoms with van der Waals surface area (Å²) >= 11 is 1.55. The first-order valence-electron chi connectivity index (χ1n) is 14.2. The predicted molar refractivity (Wildman–Crippen MR) is 165 cm³/mol. The largest absolute Gasteiger partial charge is 0.497 e. The molecule has 0 spiro atoms. The summed E-state index contributed by atoms with van der Waals surface area (Å²) in [5.74, 6) is 0.632. The molecule has 0 bridgehead atoms. The highest BCUT2D eigenvalue weighted by Crippen LogP contribution is 2.45. The van der Waals surface area contributed by atoms with E-state index in [9.17, 15) is 14.4 Å². The van der Waals surface area contributed by atoms with Crippen molar-refractivity contribution >= 4 is 34.1 Å². The lowest BCUT2D eigenvalue weighted by Crippen LogP contribution is -2.51. The number of aromatic amines is 1. The van der Waals surface area contributed by atoms with Gasteiger partial charge in [-0.1, -0.05) is 33.8 Å². The standard InChI is InChI=1S/C16H16N2O2S.C13H20N2O3.C2H6/c1-9(2)14-8-21-16(18-14)13-7-15(19)11-5-4-10(20-3)6-12(11)17-13;1-3-9-8-13(9,12(17)18-4-2)15-11(16)10-6-5-7-14-10;1-2/h4-9H,1-3H3,(H,17,19);3,9-10,14H,1,4-8H2,2H3,(H,15,16);1-2H3/t;9-,10+,13-;/m.1./s1. The van der Waals surface area contributed by atoms with Gasteiger partial charge in [0.15, 0.2) is 5.43 Å². The molecular weight excluding hydrogens is 540 g/mol. The van der Waals surface area contributed by atoms with Gasteiger partial charge in [-0.3, -0.25) is 9.59 Å². The fourth-order valence-corrected chi connectivity index (χ4v) is 5.58. The van der Waals surface area contributed by atoms with Crippen LogP contribution in [0.15, 0.2) is 47.1 Å². The Bertz CT molecular complexity index is 1410. The number of hydrogen-bond acceptors (Lipinski definition) is 8. The van der Waals surface area contributed by atoms with E-state index in [0.29, 0.717) is 24.3 Å². The molecule has 1 aliphatic heterocycles. The third-order valence-electron chi connectivity index (χ3n) is 7.04. The first-order valence-corrected chi connectivity index (χ1v) is 15.1. The highest BCUT2D eigenvalue weighted by molar-refractivity contribution is 7.13. The van der Waals surface area contributed by atoms with E-state index >= 15 is 0 Å². The van der Waals surface area contributed by atoms with Crippen molar-refractivity contribution in [1.29, 1.82) is 0 Å². The van der Waals surface area contributed by atoms with Crippen LogP contribution in [-0.2, 0) is 14.3 Å². The zero-order valence-electron chi connectivity index (χ0n) is 24.8. The molecule has 2 aromatic heterocycles. The van der Waals surface area contributed by atoms with Crippen molar-refractivity contribution in [3.8, 4) is 16.5 Å². The normalized spacial score (nSPS) is 20.8. The highest BCUT2D eigenvalue weighted by Gasteiger charge is 2.61. The molecule has 3 atom stereocenters. The van der Waals surface area contributed by atoms with Crippen molar-refractivity contribution in [3.05, 3.63) is 58.2 Å². The summed E-state index contributed by atoms with van der Waals surface area (Å²) < 4.78 is 10.3. The maximum Gasteiger partial charge on any atom is 0.332 e. The smallest absolute Gasteiger partial charge is 0.332 e. The van der Waals surface area contributed by atoms with Gasteiger partial charge in [-0.25, -0.2) is 9.78 Å². The summed E-state index contributed by atoms with van der Waals surface area (Å²) in [6.07, 6.45) is 4.12. The second-order valence-corrected chi connectivity index (χ2v) is 10.9. The number of amides is 1. The summed E-state index contributed by atoms with van der Waals surface area (Å²) in [6, 6.07) is 6.83. The molecule has 1 saturated heterocycles. The van der Waals surface area contributed by atoms with Crippen LogP contribution in [0.4, 0.5) is 0 Å². The van der Waals surface area contributed by atoms with E-state index in [-0.39, 0.29) is 29.3 Å². The second-order valence-electron chi connectivity index (χ2n) is 10.1. The number of H-pyrrole nitrogens is 1. The van der Waals surface area contributed by atoms with Crippen LogP contribution in [0.2, 0.25) is 0 Å². The van der Waals surface area contributed by atoms with Crippen molar-refractivity contribution in [2.45, 2.75) is 71.4 Å². The van der Waals surface area contributed by atoms with Gasteiger partial charge in [-0.15, -0.1) is 17.9 Å². The number of benzene rings is 1. The third kappa shape index (κ3) is 7.42. The van der Waals surface area contributed by atoms with E-state index < -0.39 is 5.54 Å². The zero-order chi connectivity index (χ0) is 30.2. The molecule has 2 aliphatic rings. The van der Waals surface area contributed by atoms with Crippen LogP contribution in [0.25, 0.3) is 21.6 Å². The number of nitrogens with one attached hydrogen (secondary N) is 3. The SMILES string of the molecule is C=C[C@@H]1C[C@]1(NC(=O)[C@@H]1CCCN1)C(=O)OCC.CC.COc1ccc2c(=O)cc(-c3nc(C(C)C)cs3)[nH]c2c1. The quantitative estimate of drug-likeness (QED) is 0.247. The number of ether oxygens (including phenoxy) is 2. The molecule has 5 rings (SSSR count). The molecular formula is C31H42N4O5S. The van der Waals surface area contributed by atoms with E-state index in [1.165, 1.54) is 0 Å². The molecule has 0 unspecified atom stereocenters. The summed E-state index contributed by atoms with van der Waals surface area (Å²) in [5, 5.41) is 9.49. The predicted octanol–water partition coefficient (Wildman–Crippen LogP) is 5.17. The molecule has 1 saturated carbocycles. The minimum Gasteiger partial charge on any atom is -0.497 e. The minimum absolute atomic E-state index is 0.0114. The van der Waals surface area contributed by atoms with Gasteiger partial charge in [0.05, 0.1) is 36.7 Å². The van der Waals surface area contributed by atoms with Crippen LogP contribution in [-0.4, -0.2) is 53.7 Å². The lowest BCUT2D eigenvalue weighted by molar-refractivity contribution is -0.149. The Hall–Kier alpha value is -3.50. The van der Waals surface area contributed by atoms with Crippen LogP contribution < -0.4 is 20.8 Å². The fourth-order valence-electron chi connectivity index (χ4n) is 4.63. The number of fused-ring (bicyclic) bond motifs is 1. The number of carbonyl (C=O) groups is 2. The lowest BCUT2D eigenvalue weighted by atomic mass is 10.1. The number of hydrogen-bond donors (Lipinski definition) is 3. The monoisotopic (exact) mass is 582 g/mol. The van der Waals surface area contributed by atoms with Crippen LogP contribution in [0, 0.1) is 5.92 Å². The number of carbonyl (C=O) groups excluding carboxylic acids is 2. The number of methoxy groups -OCH3 is 1. The lowest BCUT2D eigenvalue weighted by Gasteiger charge is -2.19. The molecule has 3 N–H and O–H groups in total. The molecule has 9 nitrogen and oxygen atoms in total. The van der Waals surface area contributed by atoms with Gasteiger partial charge in [-0.05, 0) is 50.8 Å². The van der Waals surface area contributed by atoms with Crippen LogP contribution in [0.3, 0.4) is 0 Å². The summed E-state index contributed by atoms with van der Waals surface area (Å²) in [5.41, 5.74) is 1.68. The van der Waals surface area contributed by atoms with Crippen LogP contribution in [0.1, 0.15) is 65.5 Å². The molecule has 41 heavy (non-hydrogen) atoms. The first kappa shape index (κ1) is 32.0. The molecule has 3 aromatic rings. The van der Waals surface area contributed by atoms with Gasteiger partial charge in [-0.2, -0.15) is 0 Å². The van der Waals surface area contributed by atoms with Gasteiger partial charge in [0.1, 0.15) is 16.3 Å². The topological polar surface area (TPSA) is 122 Å². The van der Waals surface area contributed by atoms with Crippen molar-refractivity contribution in [2.24, 2.45) is 5.92 Å². The number of esters is 1. The molecule has 10 heteroatoms. The maximum absolute atomic E-state index is 12.2. The summed E-state index contributed by atoms with van der Waals surface area (Å²) in [6.45, 7) is 14.8. The highest BCUT2D eigenvalue weighted by atomic mass is 32.1. The number of aromatic nitrogens is 2. The van der Waals surface area contributed by atoms with Crippen molar-refractivity contribution in [3.63, 3.8) is 0 Å². The minimum atomic E-state index is -0.862. The van der Waals surface area contributed by atoms with Crippen molar-refractivity contribution < 1.29 is 19.1 Å².